The topological polar surface area (TPSA) is 52.1 Å². The Labute approximate surface area is 108 Å². The van der Waals surface area contributed by atoms with Crippen LogP contribution in [0.1, 0.15) is 31.0 Å². The maximum absolute atomic E-state index is 9.47. The van der Waals surface area contributed by atoms with Gasteiger partial charge in [0.15, 0.2) is 0 Å². The highest BCUT2D eigenvalue weighted by molar-refractivity contribution is 5.23. The monoisotopic (exact) mass is 249 g/mol. The number of H-pyrrole nitrogens is 1. The highest BCUT2D eigenvalue weighted by Gasteiger charge is 2.39. The van der Waals surface area contributed by atoms with Gasteiger partial charge in [-0.15, -0.1) is 0 Å². The van der Waals surface area contributed by atoms with Crippen molar-refractivity contribution in [1.82, 2.24) is 15.1 Å². The van der Waals surface area contributed by atoms with Gasteiger partial charge in [-0.1, -0.05) is 6.92 Å². The summed E-state index contributed by atoms with van der Waals surface area (Å²) >= 11 is 0. The molecule has 4 heteroatoms. The van der Waals surface area contributed by atoms with Crippen LogP contribution in [0.25, 0.3) is 0 Å². The second-order valence-corrected chi connectivity index (χ2v) is 5.87. The fourth-order valence-electron chi connectivity index (χ4n) is 3.79. The molecule has 1 aliphatic heterocycles. The van der Waals surface area contributed by atoms with Crippen molar-refractivity contribution in [3.05, 3.63) is 17.5 Å². The van der Waals surface area contributed by atoms with Crippen molar-refractivity contribution in [2.75, 3.05) is 19.7 Å². The van der Waals surface area contributed by atoms with Gasteiger partial charge in [-0.3, -0.25) is 10.00 Å². The van der Waals surface area contributed by atoms with Crippen LogP contribution in [-0.4, -0.2) is 45.9 Å². The van der Waals surface area contributed by atoms with Crippen molar-refractivity contribution < 1.29 is 5.11 Å². The van der Waals surface area contributed by atoms with Crippen molar-refractivity contribution in [3.63, 3.8) is 0 Å². The summed E-state index contributed by atoms with van der Waals surface area (Å²) in [5.74, 6) is 1.14. The molecular formula is C14H23N3O. The second kappa shape index (κ2) is 5.02. The number of nitrogens with one attached hydrogen (secondary N) is 1. The van der Waals surface area contributed by atoms with E-state index < -0.39 is 0 Å². The van der Waals surface area contributed by atoms with Crippen LogP contribution in [0, 0.1) is 11.8 Å². The summed E-state index contributed by atoms with van der Waals surface area (Å²) in [7, 11) is 0. The van der Waals surface area contributed by atoms with E-state index in [-0.39, 0.29) is 0 Å². The minimum Gasteiger partial charge on any atom is -0.396 e. The quantitative estimate of drug-likeness (QED) is 0.847. The third kappa shape index (κ3) is 2.08. The lowest BCUT2D eigenvalue weighted by atomic mass is 9.74. The highest BCUT2D eigenvalue weighted by Crippen LogP contribution is 2.36. The Kier molecular flexibility index (Phi) is 3.39. The number of hydrogen-bond acceptors (Lipinski definition) is 3. The number of rotatable bonds is 3. The van der Waals surface area contributed by atoms with E-state index in [2.05, 4.69) is 28.2 Å². The van der Waals surface area contributed by atoms with Crippen LogP contribution in [0.2, 0.25) is 0 Å². The number of likely N-dealkylation sites (tertiary alicyclic amines) is 1. The van der Waals surface area contributed by atoms with Crippen LogP contribution < -0.4 is 0 Å². The molecule has 1 saturated heterocycles. The SMILES string of the molecule is CCCN1CC(CO)C[C@H]2Cc3n[nH]cc3C[C@@H]21. The van der Waals surface area contributed by atoms with Gasteiger partial charge in [-0.2, -0.15) is 5.10 Å². The average Bonchev–Trinajstić information content (AvgIpc) is 2.83. The third-order valence-electron chi connectivity index (χ3n) is 4.60. The van der Waals surface area contributed by atoms with Crippen molar-refractivity contribution in [2.24, 2.45) is 11.8 Å². The molecule has 2 aliphatic rings. The summed E-state index contributed by atoms with van der Waals surface area (Å²) in [4.78, 5) is 2.60. The summed E-state index contributed by atoms with van der Waals surface area (Å²) < 4.78 is 0. The summed E-state index contributed by atoms with van der Waals surface area (Å²) in [6.45, 7) is 4.80. The summed E-state index contributed by atoms with van der Waals surface area (Å²) in [6.07, 6.45) is 6.63. The lowest BCUT2D eigenvalue weighted by Gasteiger charge is -2.46. The van der Waals surface area contributed by atoms with Gasteiger partial charge in [0, 0.05) is 25.4 Å². The van der Waals surface area contributed by atoms with E-state index in [9.17, 15) is 5.11 Å². The molecule has 0 saturated carbocycles. The number of aliphatic hydroxyl groups excluding tert-OH is 1. The molecule has 0 spiro atoms. The van der Waals surface area contributed by atoms with Crippen LogP contribution >= 0.6 is 0 Å². The molecule has 1 aromatic heterocycles. The number of piperidine rings is 1. The van der Waals surface area contributed by atoms with E-state index in [0.717, 1.165) is 32.4 Å². The largest absolute Gasteiger partial charge is 0.396 e. The fraction of sp³-hybridized carbons (Fsp3) is 0.786. The van der Waals surface area contributed by atoms with Crippen LogP contribution in [0.4, 0.5) is 0 Å². The Balaban J connectivity index is 1.81. The molecule has 1 aliphatic carbocycles. The maximum Gasteiger partial charge on any atom is 0.0657 e. The van der Waals surface area contributed by atoms with Crippen LogP contribution in [-0.2, 0) is 12.8 Å². The normalized spacial score (nSPS) is 32.0. The van der Waals surface area contributed by atoms with Crippen molar-refractivity contribution >= 4 is 0 Å². The Hall–Kier alpha value is -0.870. The first-order valence-corrected chi connectivity index (χ1v) is 7.18. The number of hydrogen-bond donors (Lipinski definition) is 2. The molecule has 0 bridgehead atoms. The van der Waals surface area contributed by atoms with E-state index in [4.69, 9.17) is 0 Å². The highest BCUT2D eigenvalue weighted by atomic mass is 16.3. The molecule has 1 aromatic rings. The minimum absolute atomic E-state index is 0.330. The third-order valence-corrected chi connectivity index (χ3v) is 4.60. The Bertz CT molecular complexity index is 403. The zero-order valence-electron chi connectivity index (χ0n) is 11.1. The molecule has 2 N–H and O–H groups in total. The fourth-order valence-corrected chi connectivity index (χ4v) is 3.79. The number of nitrogens with zero attached hydrogens (tertiary/aromatic N) is 2. The molecule has 0 aromatic carbocycles. The predicted octanol–water partition coefficient (Wildman–Crippen LogP) is 1.22. The smallest absolute Gasteiger partial charge is 0.0657 e. The number of aromatic amines is 1. The van der Waals surface area contributed by atoms with Gasteiger partial charge >= 0.3 is 0 Å². The van der Waals surface area contributed by atoms with Crippen LogP contribution in [0.3, 0.4) is 0 Å². The lowest BCUT2D eigenvalue weighted by molar-refractivity contribution is 0.0270. The first-order chi connectivity index (χ1) is 8.81. The van der Waals surface area contributed by atoms with Crippen molar-refractivity contribution in [1.29, 1.82) is 0 Å². The first-order valence-electron chi connectivity index (χ1n) is 7.18. The minimum atomic E-state index is 0.330. The van der Waals surface area contributed by atoms with Gasteiger partial charge < -0.3 is 5.11 Å². The number of fused-ring (bicyclic) bond motifs is 2. The molecular weight excluding hydrogens is 226 g/mol. The van der Waals surface area contributed by atoms with Crippen LogP contribution in [0.5, 0.6) is 0 Å². The zero-order valence-corrected chi connectivity index (χ0v) is 11.1. The van der Waals surface area contributed by atoms with Gasteiger partial charge in [0.05, 0.1) is 5.69 Å². The number of aromatic nitrogens is 2. The molecule has 100 valence electrons. The van der Waals surface area contributed by atoms with Crippen LogP contribution in [0.15, 0.2) is 6.20 Å². The van der Waals surface area contributed by atoms with E-state index in [1.807, 2.05) is 0 Å². The van der Waals surface area contributed by atoms with Crippen molar-refractivity contribution in [3.8, 4) is 0 Å². The zero-order chi connectivity index (χ0) is 12.5. The first kappa shape index (κ1) is 12.2. The van der Waals surface area contributed by atoms with Gasteiger partial charge in [-0.25, -0.2) is 0 Å². The summed E-state index contributed by atoms with van der Waals surface area (Å²) in [5.41, 5.74) is 2.66. The molecule has 4 nitrogen and oxygen atoms in total. The summed E-state index contributed by atoms with van der Waals surface area (Å²) in [6, 6.07) is 0.665. The molecule has 1 unspecified atom stereocenters. The number of aliphatic hydroxyl groups is 1. The standard InChI is InChI=1S/C14H23N3O/c1-2-3-17-8-10(9-18)4-11-5-13-12(6-14(11)17)7-15-16-13/h7,10-11,14,18H,2-6,8-9H2,1H3,(H,15,16)/t10?,11-,14-/m0/s1. The van der Waals surface area contributed by atoms with E-state index in [1.165, 1.54) is 17.7 Å². The Morgan fingerprint density at radius 2 is 2.39 bits per heavy atom. The predicted molar refractivity (Wildman–Crippen MR) is 70.3 cm³/mol. The molecule has 1 fully saturated rings. The van der Waals surface area contributed by atoms with E-state index in [1.54, 1.807) is 0 Å². The molecule has 0 amide bonds. The van der Waals surface area contributed by atoms with Gasteiger partial charge in [0.1, 0.15) is 0 Å². The van der Waals surface area contributed by atoms with Gasteiger partial charge in [0.25, 0.3) is 0 Å². The van der Waals surface area contributed by atoms with Gasteiger partial charge in [0.2, 0.25) is 0 Å². The molecule has 3 rings (SSSR count). The Morgan fingerprint density at radius 1 is 1.50 bits per heavy atom. The summed E-state index contributed by atoms with van der Waals surface area (Å²) in [5, 5.41) is 16.8. The Morgan fingerprint density at radius 3 is 3.17 bits per heavy atom. The molecule has 2 heterocycles. The average molecular weight is 249 g/mol. The van der Waals surface area contributed by atoms with E-state index in [0.29, 0.717) is 24.5 Å². The molecule has 3 atom stereocenters. The molecule has 18 heavy (non-hydrogen) atoms. The van der Waals surface area contributed by atoms with Crippen molar-refractivity contribution in [2.45, 2.75) is 38.6 Å². The maximum atomic E-state index is 9.47. The lowest BCUT2D eigenvalue weighted by Crippen LogP contribution is -2.52. The second-order valence-electron chi connectivity index (χ2n) is 5.87. The van der Waals surface area contributed by atoms with E-state index >= 15 is 0 Å². The van der Waals surface area contributed by atoms with Gasteiger partial charge in [-0.05, 0) is 49.6 Å². The molecule has 0 radical (unpaired) electrons.